The van der Waals surface area contributed by atoms with E-state index in [1.54, 1.807) is 4.90 Å². The second-order valence-electron chi connectivity index (χ2n) is 2.82. The molecule has 1 rings (SSSR count). The number of piperidine rings is 1. The van der Waals surface area contributed by atoms with E-state index in [0.717, 1.165) is 0 Å². The highest BCUT2D eigenvalue weighted by Crippen LogP contribution is 2.10. The molecule has 3 N–H and O–H groups in total. The third-order valence-corrected chi connectivity index (χ3v) is 1.89. The van der Waals surface area contributed by atoms with Gasteiger partial charge in [-0.1, -0.05) is 0 Å². The molecule has 0 bridgehead atoms. The number of carbonyl (C=O) groups is 1. The van der Waals surface area contributed by atoms with E-state index in [4.69, 9.17) is 10.8 Å². The standard InChI is InChI=1S/C7H14N2O2/c8-2-4-9-3-1-6(10)5-7(9)11/h6,10H,1-5,8H2. The smallest absolute Gasteiger partial charge is 0.225 e. The van der Waals surface area contributed by atoms with Crippen LogP contribution in [0.15, 0.2) is 0 Å². The third kappa shape index (κ3) is 2.17. The van der Waals surface area contributed by atoms with E-state index in [0.29, 0.717) is 26.1 Å². The summed E-state index contributed by atoms with van der Waals surface area (Å²) in [5, 5.41) is 9.09. The molecule has 4 nitrogen and oxygen atoms in total. The molecule has 1 unspecified atom stereocenters. The van der Waals surface area contributed by atoms with Gasteiger partial charge < -0.3 is 15.7 Å². The maximum Gasteiger partial charge on any atom is 0.225 e. The molecular weight excluding hydrogens is 144 g/mol. The van der Waals surface area contributed by atoms with Crippen molar-refractivity contribution in [3.63, 3.8) is 0 Å². The van der Waals surface area contributed by atoms with Crippen LogP contribution in [-0.4, -0.2) is 41.7 Å². The van der Waals surface area contributed by atoms with E-state index in [9.17, 15) is 4.79 Å². The summed E-state index contributed by atoms with van der Waals surface area (Å²) in [6, 6.07) is 0. The van der Waals surface area contributed by atoms with Crippen LogP contribution < -0.4 is 5.73 Å². The summed E-state index contributed by atoms with van der Waals surface area (Å²) in [4.78, 5) is 12.8. The first-order valence-corrected chi connectivity index (χ1v) is 3.90. The van der Waals surface area contributed by atoms with E-state index < -0.39 is 6.10 Å². The molecule has 1 atom stereocenters. The second kappa shape index (κ2) is 3.69. The van der Waals surface area contributed by atoms with Gasteiger partial charge in [0.15, 0.2) is 0 Å². The number of amides is 1. The average Bonchev–Trinajstić information content (AvgIpc) is 1.95. The summed E-state index contributed by atoms with van der Waals surface area (Å²) < 4.78 is 0. The molecule has 0 radical (unpaired) electrons. The highest BCUT2D eigenvalue weighted by atomic mass is 16.3. The minimum atomic E-state index is -0.434. The maximum absolute atomic E-state index is 11.1. The number of nitrogens with zero attached hydrogens (tertiary/aromatic N) is 1. The summed E-state index contributed by atoms with van der Waals surface area (Å²) in [5.74, 6) is 0.0224. The van der Waals surface area contributed by atoms with Gasteiger partial charge in [0.2, 0.25) is 5.91 Å². The summed E-state index contributed by atoms with van der Waals surface area (Å²) in [7, 11) is 0. The van der Waals surface area contributed by atoms with Gasteiger partial charge in [-0.25, -0.2) is 0 Å². The lowest BCUT2D eigenvalue weighted by Crippen LogP contribution is -2.43. The Kier molecular flexibility index (Phi) is 2.84. The Morgan fingerprint density at radius 1 is 1.73 bits per heavy atom. The predicted octanol–water partition coefficient (Wildman–Crippen LogP) is -1.07. The van der Waals surface area contributed by atoms with E-state index in [-0.39, 0.29) is 12.3 Å². The first kappa shape index (κ1) is 8.49. The topological polar surface area (TPSA) is 66.6 Å². The predicted molar refractivity (Wildman–Crippen MR) is 40.9 cm³/mol. The quantitative estimate of drug-likeness (QED) is 0.537. The van der Waals surface area contributed by atoms with Crippen LogP contribution in [0.5, 0.6) is 0 Å². The lowest BCUT2D eigenvalue weighted by Gasteiger charge is -2.28. The average molecular weight is 158 g/mol. The van der Waals surface area contributed by atoms with E-state index >= 15 is 0 Å². The van der Waals surface area contributed by atoms with Crippen LogP contribution in [0, 0.1) is 0 Å². The number of aliphatic hydroxyl groups is 1. The second-order valence-corrected chi connectivity index (χ2v) is 2.82. The van der Waals surface area contributed by atoms with Crippen molar-refractivity contribution in [2.45, 2.75) is 18.9 Å². The summed E-state index contributed by atoms with van der Waals surface area (Å²) >= 11 is 0. The molecule has 0 aromatic heterocycles. The van der Waals surface area contributed by atoms with Gasteiger partial charge in [-0.3, -0.25) is 4.79 Å². The Morgan fingerprint density at radius 2 is 2.45 bits per heavy atom. The van der Waals surface area contributed by atoms with Gasteiger partial charge in [-0.2, -0.15) is 0 Å². The van der Waals surface area contributed by atoms with Crippen molar-refractivity contribution < 1.29 is 9.90 Å². The number of aliphatic hydroxyl groups excluding tert-OH is 1. The zero-order chi connectivity index (χ0) is 8.27. The van der Waals surface area contributed by atoms with Crippen molar-refractivity contribution in [1.82, 2.24) is 4.90 Å². The highest BCUT2D eigenvalue weighted by Gasteiger charge is 2.22. The van der Waals surface area contributed by atoms with Crippen molar-refractivity contribution in [2.24, 2.45) is 5.73 Å². The number of carbonyl (C=O) groups excluding carboxylic acids is 1. The van der Waals surface area contributed by atoms with Gasteiger partial charge in [0.05, 0.1) is 12.5 Å². The number of likely N-dealkylation sites (tertiary alicyclic amines) is 1. The van der Waals surface area contributed by atoms with Crippen LogP contribution in [0.25, 0.3) is 0 Å². The molecular formula is C7H14N2O2. The fraction of sp³-hybridized carbons (Fsp3) is 0.857. The molecule has 0 aromatic rings. The Balaban J connectivity index is 2.38. The van der Waals surface area contributed by atoms with Crippen LogP contribution >= 0.6 is 0 Å². The SMILES string of the molecule is NCCN1CCC(O)CC1=O. The largest absolute Gasteiger partial charge is 0.393 e. The molecule has 1 fully saturated rings. The number of rotatable bonds is 2. The molecule has 64 valence electrons. The van der Waals surface area contributed by atoms with E-state index in [1.807, 2.05) is 0 Å². The zero-order valence-electron chi connectivity index (χ0n) is 6.49. The number of hydrogen-bond donors (Lipinski definition) is 2. The molecule has 11 heavy (non-hydrogen) atoms. The minimum Gasteiger partial charge on any atom is -0.393 e. The first-order chi connectivity index (χ1) is 5.24. The van der Waals surface area contributed by atoms with Crippen LogP contribution in [-0.2, 0) is 4.79 Å². The van der Waals surface area contributed by atoms with Gasteiger partial charge in [-0.05, 0) is 6.42 Å². The molecule has 1 aliphatic heterocycles. The van der Waals surface area contributed by atoms with E-state index in [1.165, 1.54) is 0 Å². The third-order valence-electron chi connectivity index (χ3n) is 1.89. The van der Waals surface area contributed by atoms with Crippen LogP contribution in [0.1, 0.15) is 12.8 Å². The molecule has 0 aromatic carbocycles. The molecule has 0 saturated carbocycles. The summed E-state index contributed by atoms with van der Waals surface area (Å²) in [6.07, 6.45) is 0.516. The zero-order valence-corrected chi connectivity index (χ0v) is 6.49. The van der Waals surface area contributed by atoms with Crippen LogP contribution in [0.3, 0.4) is 0 Å². The summed E-state index contributed by atoms with van der Waals surface area (Å²) in [5.41, 5.74) is 5.30. The molecule has 1 saturated heterocycles. The molecule has 1 amide bonds. The van der Waals surface area contributed by atoms with Gasteiger partial charge in [0.25, 0.3) is 0 Å². The van der Waals surface area contributed by atoms with Gasteiger partial charge in [0.1, 0.15) is 0 Å². The molecule has 4 heteroatoms. The van der Waals surface area contributed by atoms with Crippen molar-refractivity contribution in [3.05, 3.63) is 0 Å². The molecule has 1 aliphatic rings. The van der Waals surface area contributed by atoms with Crippen molar-refractivity contribution in [1.29, 1.82) is 0 Å². The fourth-order valence-electron chi connectivity index (χ4n) is 1.25. The molecule has 1 heterocycles. The van der Waals surface area contributed by atoms with Gasteiger partial charge in [-0.15, -0.1) is 0 Å². The van der Waals surface area contributed by atoms with Crippen LogP contribution in [0.4, 0.5) is 0 Å². The Labute approximate surface area is 66.0 Å². The van der Waals surface area contributed by atoms with Crippen molar-refractivity contribution in [2.75, 3.05) is 19.6 Å². The highest BCUT2D eigenvalue weighted by molar-refractivity contribution is 5.77. The maximum atomic E-state index is 11.1. The van der Waals surface area contributed by atoms with Gasteiger partial charge in [0, 0.05) is 19.6 Å². The Hall–Kier alpha value is -0.610. The molecule has 0 aliphatic carbocycles. The lowest BCUT2D eigenvalue weighted by molar-refractivity contribution is -0.136. The Bertz CT molecular complexity index is 149. The van der Waals surface area contributed by atoms with E-state index in [2.05, 4.69) is 0 Å². The first-order valence-electron chi connectivity index (χ1n) is 3.90. The normalized spacial score (nSPS) is 25.8. The number of hydrogen-bond acceptors (Lipinski definition) is 3. The van der Waals surface area contributed by atoms with Gasteiger partial charge >= 0.3 is 0 Å². The number of nitrogens with two attached hydrogens (primary N) is 1. The van der Waals surface area contributed by atoms with Crippen molar-refractivity contribution in [3.8, 4) is 0 Å². The minimum absolute atomic E-state index is 0.0224. The Morgan fingerprint density at radius 3 is 3.00 bits per heavy atom. The fourth-order valence-corrected chi connectivity index (χ4v) is 1.25. The summed E-state index contributed by atoms with van der Waals surface area (Å²) in [6.45, 7) is 1.77. The van der Waals surface area contributed by atoms with Crippen molar-refractivity contribution >= 4 is 5.91 Å². The van der Waals surface area contributed by atoms with Crippen LogP contribution in [0.2, 0.25) is 0 Å². The lowest BCUT2D eigenvalue weighted by atomic mass is 10.1. The monoisotopic (exact) mass is 158 g/mol. The molecule has 0 spiro atoms.